The van der Waals surface area contributed by atoms with E-state index in [2.05, 4.69) is 27.9 Å². The van der Waals surface area contributed by atoms with Gasteiger partial charge in [0.05, 0.1) is 0 Å². The molecular formula is Mo12O40PY. The van der Waals surface area contributed by atoms with Gasteiger partial charge in [-0.05, 0) is 0 Å². The molecule has 0 aliphatic rings. The second kappa shape index (κ2) is 20.4. The van der Waals surface area contributed by atoms with Crippen LogP contribution in [0.5, 0.6) is 0 Å². The molecule has 0 aliphatic carbocycles. The Bertz CT molecular complexity index is 2510. The first-order valence-electron chi connectivity index (χ1n) is 8.73. The summed E-state index contributed by atoms with van der Waals surface area (Å²) in [5.74, 6) is 0. The van der Waals surface area contributed by atoms with Crippen molar-refractivity contribution >= 4 is 7.82 Å². The van der Waals surface area contributed by atoms with Crippen LogP contribution >= 0.6 is 7.82 Å². The Kier molecular flexibility index (Phi) is 22.7. The molecule has 0 saturated carbocycles. The van der Waals surface area contributed by atoms with E-state index in [1.165, 1.54) is 0 Å². The van der Waals surface area contributed by atoms with E-state index in [9.17, 15) is 97.4 Å². The molecule has 0 aliphatic heterocycles. The summed E-state index contributed by atoms with van der Waals surface area (Å²) in [7, 11) is -7.94. The van der Waals surface area contributed by atoms with E-state index < -0.39 is 209 Å². The van der Waals surface area contributed by atoms with Crippen LogP contribution in [0.4, 0.5) is 0 Å². The van der Waals surface area contributed by atoms with E-state index in [-0.39, 0.29) is 32.7 Å². The minimum atomic E-state index is -8.82. The topological polar surface area (TPSA) is 607 Å². The van der Waals surface area contributed by atoms with Crippen LogP contribution in [0.3, 0.4) is 0 Å². The fraction of sp³-hybridized carbons (Fsp3) is 0. The Morgan fingerprint density at radius 2 is 0.389 bits per heavy atom. The van der Waals surface area contributed by atoms with Crippen molar-refractivity contribution in [3.05, 3.63) is 0 Å². The quantitative estimate of drug-likeness (QED) is 0.0640. The van der Waals surface area contributed by atoms with E-state index >= 15 is 0 Å². The predicted octanol–water partition coefficient (Wildman–Crippen LogP) is -6.53. The molecule has 0 amide bonds. The molecule has 0 atom stereocenters. The van der Waals surface area contributed by atoms with Gasteiger partial charge < -0.3 is 0 Å². The van der Waals surface area contributed by atoms with E-state index in [1.54, 1.807) is 0 Å². The van der Waals surface area contributed by atoms with Crippen molar-refractivity contribution in [2.45, 2.75) is 0 Å². The van der Waals surface area contributed by atoms with Crippen LogP contribution in [-0.2, 0) is 348 Å². The maximum Gasteiger partial charge on any atom is 3.00 e. The largest absolute Gasteiger partial charge is 3.00 e. The monoisotopic (exact) mass is 1930 g/mol. The van der Waals surface area contributed by atoms with E-state index in [0.717, 1.165) is 0 Å². The minimum Gasteiger partial charge on any atom is 3.00 e. The van der Waals surface area contributed by atoms with E-state index in [4.69, 9.17) is 0 Å². The first kappa shape index (κ1) is 60.3. The molecule has 0 aromatic rings. The SMILES string of the molecule is O=P([O][Mo](=[O])(=[O])[O][Mo](=[O])(=[O])[O][Mo](=[O])(=[O])[O][Mo](=[O])(=[O])[O-])([O][Mo](=[O])(=[O])[O][Mo](=[O])(=[O])[O][Mo](=[O])(=[O])[O][Mo](=[O])(=[O])[O-])[O][Mo](=[O])(=[O])[O][Mo](=[O])(=[O])[O][Mo](=[O])(=[O])[O][Mo](=[O])(=[O])[O-].[Y+3]. The van der Waals surface area contributed by atoms with Gasteiger partial charge in [0.25, 0.3) is 0 Å². The van der Waals surface area contributed by atoms with Crippen molar-refractivity contribution < 1.29 is 359 Å². The van der Waals surface area contributed by atoms with Gasteiger partial charge in [-0.3, -0.25) is 0 Å². The Labute approximate surface area is 359 Å². The Hall–Kier alpha value is 4.19. The molecule has 0 radical (unpaired) electrons. The average molecular weight is 1910 g/mol. The Morgan fingerprint density at radius 3 is 0.537 bits per heavy atom. The molecule has 0 unspecified atom stereocenters. The van der Waals surface area contributed by atoms with Crippen LogP contribution in [0.15, 0.2) is 0 Å². The summed E-state index contributed by atoms with van der Waals surface area (Å²) in [6.07, 6.45) is 0. The summed E-state index contributed by atoms with van der Waals surface area (Å²) in [5, 5.41) is 0. The van der Waals surface area contributed by atoms with Crippen molar-refractivity contribution in [1.29, 1.82) is 0 Å². The number of hydrogen-bond donors (Lipinski definition) is 0. The predicted molar refractivity (Wildman–Crippen MR) is 37.1 cm³/mol. The molecule has 54 heteroatoms. The summed E-state index contributed by atoms with van der Waals surface area (Å²) >= 11 is -98.5. The van der Waals surface area contributed by atoms with Crippen LogP contribution < -0.4 is 11.3 Å². The molecule has 0 rings (SSSR count). The van der Waals surface area contributed by atoms with Gasteiger partial charge in [0, 0.05) is 0 Å². The number of phosphoric acid groups is 1. The van der Waals surface area contributed by atoms with Crippen LogP contribution in [-0.4, -0.2) is 0 Å². The molecule has 0 saturated heterocycles. The number of rotatable bonds is 24. The van der Waals surface area contributed by atoms with Gasteiger partial charge in [0.15, 0.2) is 0 Å². The molecule has 54 heavy (non-hydrogen) atoms. The number of hydrogen-bond acceptors (Lipinski definition) is 40. The minimum absolute atomic E-state index is 0. The van der Waals surface area contributed by atoms with Crippen molar-refractivity contribution in [1.82, 2.24) is 0 Å². The molecule has 0 fully saturated rings. The average Bonchev–Trinajstić information content (AvgIpc) is 2.58. The smallest absolute Gasteiger partial charge is 3.00 e. The zero-order valence-corrected chi connectivity index (χ0v) is 50.1. The third kappa shape index (κ3) is 29.5. The molecule has 0 heterocycles. The van der Waals surface area contributed by atoms with Gasteiger partial charge in [-0.15, -0.1) is 0 Å². The van der Waals surface area contributed by atoms with Crippen LogP contribution in [0, 0.1) is 0 Å². The van der Waals surface area contributed by atoms with Crippen molar-refractivity contribution in [3.63, 3.8) is 0 Å². The van der Waals surface area contributed by atoms with Gasteiger partial charge in [0.2, 0.25) is 0 Å². The normalized spacial score (nSPS) is 15.3. The first-order chi connectivity index (χ1) is 22.5. The van der Waals surface area contributed by atoms with Gasteiger partial charge in [-0.2, -0.15) is 0 Å². The standard InChI is InChI=1S/12Mo.H3O4P.36O.Y/c;;;;;;;;;;;;1-5(2,3)4;;;;;;;;;;;;;;;;;;;;;;;;;;;;;;;;;;;;;/h;;;;;;;;;;;;(H3,1,2,3,4);;;;;;;;;;;;;;;;;;;;;;;;;;;;;;;;;;;;;/q;;;;;;;;;3*+1;;;;;;;;;;;;;;;;;;;;;;;;;;;;;;;;;;;3*-1;+3/p-3. The van der Waals surface area contributed by atoms with Gasteiger partial charge in [-0.1, -0.05) is 0 Å². The maximum absolute atomic E-state index is 12.7. The van der Waals surface area contributed by atoms with Crippen LogP contribution in [0.2, 0.25) is 0 Å². The van der Waals surface area contributed by atoms with E-state index in [1.807, 2.05) is 0 Å². The first-order valence-corrected chi connectivity index (χ1v) is 49.5. The molecule has 0 N–H and O–H groups in total. The zero-order valence-electron chi connectivity index (χ0n) is 22.3. The molecule has 0 aromatic heterocycles. The summed E-state index contributed by atoms with van der Waals surface area (Å²) in [6, 6.07) is 0. The molecule has 0 aromatic carbocycles. The summed E-state index contributed by atoms with van der Waals surface area (Å²) in [6.45, 7) is 0. The van der Waals surface area contributed by atoms with Crippen molar-refractivity contribution in [2.24, 2.45) is 0 Å². The van der Waals surface area contributed by atoms with Crippen LogP contribution in [0.1, 0.15) is 0 Å². The Balaban J connectivity index is 0. The molecule has 320 valence electrons. The summed E-state index contributed by atoms with van der Waals surface area (Å²) in [5.41, 5.74) is 0. The Morgan fingerprint density at radius 1 is 0.259 bits per heavy atom. The third-order valence-corrected chi connectivity index (χ3v) is 62.2. The van der Waals surface area contributed by atoms with Crippen molar-refractivity contribution in [3.8, 4) is 0 Å². The van der Waals surface area contributed by atoms with Crippen molar-refractivity contribution in [2.75, 3.05) is 0 Å². The zero-order chi connectivity index (χ0) is 43.0. The van der Waals surface area contributed by atoms with Gasteiger partial charge >= 0.3 is 367 Å². The van der Waals surface area contributed by atoms with Gasteiger partial charge in [0.1, 0.15) is 0 Å². The second-order valence-electron chi connectivity index (χ2n) is 6.18. The molecule has 40 nitrogen and oxygen atoms in total. The molecular weight excluding hydrogens is 1910 g/mol. The van der Waals surface area contributed by atoms with Crippen LogP contribution in [0.25, 0.3) is 0 Å². The fourth-order valence-electron chi connectivity index (χ4n) is 1.40. The third-order valence-electron chi connectivity index (χ3n) is 2.05. The van der Waals surface area contributed by atoms with Gasteiger partial charge in [-0.25, -0.2) is 0 Å². The molecule has 0 bridgehead atoms. The second-order valence-corrected chi connectivity index (χ2v) is 55.7. The molecule has 0 spiro atoms. The fourth-order valence-corrected chi connectivity index (χ4v) is 60.0. The van der Waals surface area contributed by atoms with E-state index in [0.29, 0.717) is 0 Å². The summed E-state index contributed by atoms with van der Waals surface area (Å²) < 4.78 is 351. The summed E-state index contributed by atoms with van der Waals surface area (Å²) in [4.78, 5) is 0. The maximum atomic E-state index is 12.7.